The third-order valence-corrected chi connectivity index (χ3v) is 2.30. The van der Waals surface area contributed by atoms with E-state index in [1.165, 1.54) is 7.11 Å². The number of aromatic nitrogens is 2. The summed E-state index contributed by atoms with van der Waals surface area (Å²) in [6.07, 6.45) is 4.91. The molecule has 0 aliphatic carbocycles. The summed E-state index contributed by atoms with van der Waals surface area (Å²) < 4.78 is 4.71. The molecule has 0 saturated carbocycles. The van der Waals surface area contributed by atoms with Crippen molar-refractivity contribution in [3.8, 4) is 0 Å². The minimum absolute atomic E-state index is 0.0669. The molecule has 0 bridgehead atoms. The van der Waals surface area contributed by atoms with E-state index in [-0.39, 0.29) is 12.0 Å². The summed E-state index contributed by atoms with van der Waals surface area (Å²) in [6.45, 7) is 5.46. The first-order chi connectivity index (χ1) is 7.47. The van der Waals surface area contributed by atoms with Crippen molar-refractivity contribution in [2.45, 2.75) is 32.4 Å². The third kappa shape index (κ3) is 3.00. The standard InChI is InChI=1S/C11H17N3O2/c1-8(9-7-12-5-6-13-9)14-11(2,3)10(15)16-4/h5-8,14H,1-4H3. The van der Waals surface area contributed by atoms with E-state index in [4.69, 9.17) is 4.74 Å². The van der Waals surface area contributed by atoms with Crippen LogP contribution in [0.1, 0.15) is 32.5 Å². The smallest absolute Gasteiger partial charge is 0.325 e. The molecule has 0 amide bonds. The van der Waals surface area contributed by atoms with Crippen LogP contribution in [-0.2, 0) is 9.53 Å². The van der Waals surface area contributed by atoms with Crippen LogP contribution in [0.2, 0.25) is 0 Å². The van der Waals surface area contributed by atoms with Gasteiger partial charge in [0, 0.05) is 24.6 Å². The minimum Gasteiger partial charge on any atom is -0.468 e. The number of hydrogen-bond acceptors (Lipinski definition) is 5. The lowest BCUT2D eigenvalue weighted by atomic mass is 10.0. The number of nitrogens with zero attached hydrogens (tertiary/aromatic N) is 2. The highest BCUT2D eigenvalue weighted by atomic mass is 16.5. The van der Waals surface area contributed by atoms with Crippen LogP contribution < -0.4 is 5.32 Å². The van der Waals surface area contributed by atoms with E-state index in [0.29, 0.717) is 0 Å². The van der Waals surface area contributed by atoms with Crippen LogP contribution in [0.5, 0.6) is 0 Å². The fourth-order valence-corrected chi connectivity index (χ4v) is 1.46. The van der Waals surface area contributed by atoms with Gasteiger partial charge >= 0.3 is 5.97 Å². The van der Waals surface area contributed by atoms with Gasteiger partial charge in [-0.3, -0.25) is 20.1 Å². The predicted molar refractivity (Wildman–Crippen MR) is 59.7 cm³/mol. The Morgan fingerprint density at radius 1 is 1.50 bits per heavy atom. The van der Waals surface area contributed by atoms with Crippen molar-refractivity contribution in [1.82, 2.24) is 15.3 Å². The van der Waals surface area contributed by atoms with Crippen LogP contribution in [-0.4, -0.2) is 28.6 Å². The number of esters is 1. The van der Waals surface area contributed by atoms with E-state index in [0.717, 1.165) is 5.69 Å². The lowest BCUT2D eigenvalue weighted by Gasteiger charge is -2.27. The molecule has 16 heavy (non-hydrogen) atoms. The monoisotopic (exact) mass is 223 g/mol. The van der Waals surface area contributed by atoms with E-state index in [1.807, 2.05) is 6.92 Å². The zero-order valence-corrected chi connectivity index (χ0v) is 10.0. The highest BCUT2D eigenvalue weighted by molar-refractivity contribution is 5.79. The molecule has 5 nitrogen and oxygen atoms in total. The molecular weight excluding hydrogens is 206 g/mol. The SMILES string of the molecule is COC(=O)C(C)(C)NC(C)c1cnccn1. The topological polar surface area (TPSA) is 64.1 Å². The summed E-state index contributed by atoms with van der Waals surface area (Å²) in [5.74, 6) is -0.303. The fourth-order valence-electron chi connectivity index (χ4n) is 1.46. The first-order valence-electron chi connectivity index (χ1n) is 5.09. The average Bonchev–Trinajstić information content (AvgIpc) is 2.28. The summed E-state index contributed by atoms with van der Waals surface area (Å²) >= 11 is 0. The molecule has 0 spiro atoms. The van der Waals surface area contributed by atoms with Crippen molar-refractivity contribution in [2.75, 3.05) is 7.11 Å². The molecule has 0 radical (unpaired) electrons. The van der Waals surface area contributed by atoms with E-state index in [9.17, 15) is 4.79 Å². The van der Waals surface area contributed by atoms with Crippen LogP contribution >= 0.6 is 0 Å². The van der Waals surface area contributed by atoms with Gasteiger partial charge in [-0.25, -0.2) is 0 Å². The van der Waals surface area contributed by atoms with Gasteiger partial charge in [0.2, 0.25) is 0 Å². The number of ether oxygens (including phenoxy) is 1. The Kier molecular flexibility index (Phi) is 3.95. The van der Waals surface area contributed by atoms with Gasteiger partial charge < -0.3 is 4.74 Å². The average molecular weight is 223 g/mol. The van der Waals surface area contributed by atoms with Gasteiger partial charge in [-0.2, -0.15) is 0 Å². The second kappa shape index (κ2) is 5.03. The number of methoxy groups -OCH3 is 1. The van der Waals surface area contributed by atoms with Crippen molar-refractivity contribution in [2.24, 2.45) is 0 Å². The van der Waals surface area contributed by atoms with Gasteiger partial charge in [0.1, 0.15) is 5.54 Å². The quantitative estimate of drug-likeness (QED) is 0.774. The maximum absolute atomic E-state index is 11.5. The highest BCUT2D eigenvalue weighted by Gasteiger charge is 2.30. The van der Waals surface area contributed by atoms with Crippen LogP contribution in [0.4, 0.5) is 0 Å². The molecule has 1 aromatic rings. The zero-order chi connectivity index (χ0) is 12.2. The maximum Gasteiger partial charge on any atom is 0.325 e. The Balaban J connectivity index is 2.71. The molecule has 1 unspecified atom stereocenters. The molecule has 0 fully saturated rings. The molecule has 0 saturated heterocycles. The van der Waals surface area contributed by atoms with Gasteiger partial charge in [-0.15, -0.1) is 0 Å². The number of hydrogen-bond donors (Lipinski definition) is 1. The normalized spacial score (nSPS) is 13.2. The van der Waals surface area contributed by atoms with Crippen molar-refractivity contribution in [3.05, 3.63) is 24.3 Å². The molecule has 0 aliphatic rings. The Morgan fingerprint density at radius 3 is 2.69 bits per heavy atom. The van der Waals surface area contributed by atoms with Crippen LogP contribution in [0.15, 0.2) is 18.6 Å². The van der Waals surface area contributed by atoms with Crippen LogP contribution in [0, 0.1) is 0 Å². The van der Waals surface area contributed by atoms with Crippen LogP contribution in [0.25, 0.3) is 0 Å². The second-order valence-electron chi connectivity index (χ2n) is 4.11. The lowest BCUT2D eigenvalue weighted by molar-refractivity contribution is -0.147. The molecule has 1 heterocycles. The Bertz CT molecular complexity index is 352. The predicted octanol–water partition coefficient (Wildman–Crippen LogP) is 1.08. The van der Waals surface area contributed by atoms with E-state index in [2.05, 4.69) is 15.3 Å². The van der Waals surface area contributed by atoms with Crippen molar-refractivity contribution < 1.29 is 9.53 Å². The molecule has 0 aromatic carbocycles. The largest absolute Gasteiger partial charge is 0.468 e. The Labute approximate surface area is 95.3 Å². The second-order valence-corrected chi connectivity index (χ2v) is 4.11. The van der Waals surface area contributed by atoms with Crippen molar-refractivity contribution >= 4 is 5.97 Å². The third-order valence-electron chi connectivity index (χ3n) is 2.30. The zero-order valence-electron chi connectivity index (χ0n) is 10.0. The molecule has 5 heteroatoms. The van der Waals surface area contributed by atoms with Crippen LogP contribution in [0.3, 0.4) is 0 Å². The summed E-state index contributed by atoms with van der Waals surface area (Å²) in [5, 5.41) is 3.15. The number of rotatable bonds is 4. The number of nitrogens with one attached hydrogen (secondary N) is 1. The summed E-state index contributed by atoms with van der Waals surface area (Å²) in [6, 6.07) is -0.0669. The van der Waals surface area contributed by atoms with Crippen molar-refractivity contribution in [1.29, 1.82) is 0 Å². The minimum atomic E-state index is -0.744. The van der Waals surface area contributed by atoms with E-state index in [1.54, 1.807) is 32.4 Å². The molecule has 1 N–H and O–H groups in total. The van der Waals surface area contributed by atoms with Gasteiger partial charge in [-0.1, -0.05) is 0 Å². The summed E-state index contributed by atoms with van der Waals surface area (Å²) in [7, 11) is 1.37. The summed E-state index contributed by atoms with van der Waals surface area (Å²) in [4.78, 5) is 19.6. The Morgan fingerprint density at radius 2 is 2.19 bits per heavy atom. The lowest BCUT2D eigenvalue weighted by Crippen LogP contribution is -2.48. The number of carbonyl (C=O) groups excluding carboxylic acids is 1. The van der Waals surface area contributed by atoms with E-state index < -0.39 is 5.54 Å². The summed E-state index contributed by atoms with van der Waals surface area (Å²) in [5.41, 5.74) is 0.0468. The van der Waals surface area contributed by atoms with Gasteiger partial charge in [0.25, 0.3) is 0 Å². The van der Waals surface area contributed by atoms with Gasteiger partial charge in [-0.05, 0) is 20.8 Å². The molecule has 1 aromatic heterocycles. The highest BCUT2D eigenvalue weighted by Crippen LogP contribution is 2.14. The van der Waals surface area contributed by atoms with E-state index >= 15 is 0 Å². The first-order valence-corrected chi connectivity index (χ1v) is 5.09. The van der Waals surface area contributed by atoms with Gasteiger partial charge in [0.15, 0.2) is 0 Å². The molecule has 1 rings (SSSR count). The molecule has 0 aliphatic heterocycles. The fraction of sp³-hybridized carbons (Fsp3) is 0.545. The molecule has 88 valence electrons. The van der Waals surface area contributed by atoms with Crippen molar-refractivity contribution in [3.63, 3.8) is 0 Å². The number of carbonyl (C=O) groups is 1. The molecule has 1 atom stereocenters. The molecular formula is C11H17N3O2. The first kappa shape index (κ1) is 12.6. The maximum atomic E-state index is 11.5. The Hall–Kier alpha value is -1.49. The van der Waals surface area contributed by atoms with Gasteiger partial charge in [0.05, 0.1) is 12.8 Å².